The number of nitrogens with one attached hydrogen (secondary N) is 1. The number of carbonyl (C=O) groups is 1. The van der Waals surface area contributed by atoms with Gasteiger partial charge in [-0.05, 0) is 37.3 Å². The van der Waals surface area contributed by atoms with Crippen LogP contribution in [0.2, 0.25) is 0 Å². The molecule has 25 heavy (non-hydrogen) atoms. The number of nitriles is 1. The first-order valence-electron chi connectivity index (χ1n) is 7.76. The first-order chi connectivity index (χ1) is 12.1. The largest absolute Gasteiger partial charge is 0.497 e. The van der Waals surface area contributed by atoms with Crippen LogP contribution in [-0.2, 0) is 6.54 Å². The first-order valence-corrected chi connectivity index (χ1v) is 7.76. The predicted octanol–water partition coefficient (Wildman–Crippen LogP) is 3.93. The molecule has 2 aromatic carbocycles. The lowest BCUT2D eigenvalue weighted by Gasteiger charge is -2.10. The molecule has 126 valence electrons. The summed E-state index contributed by atoms with van der Waals surface area (Å²) >= 11 is 0. The normalized spacial score (nSPS) is 10.5. The zero-order valence-corrected chi connectivity index (χ0v) is 13.8. The molecule has 0 aliphatic heterocycles. The number of aromatic nitrogens is 1. The third-order valence-electron chi connectivity index (χ3n) is 4.02. The monoisotopic (exact) mass is 337 g/mol. The van der Waals surface area contributed by atoms with Gasteiger partial charge in [-0.15, -0.1) is 0 Å². The molecular weight excluding hydrogens is 321 g/mol. The van der Waals surface area contributed by atoms with Crippen LogP contribution in [0.1, 0.15) is 22.8 Å². The lowest BCUT2D eigenvalue weighted by atomic mass is 10.1. The topological polar surface area (TPSA) is 67.0 Å². The molecule has 1 aromatic heterocycles. The van der Waals surface area contributed by atoms with Gasteiger partial charge in [-0.2, -0.15) is 5.26 Å². The molecule has 3 rings (SSSR count). The number of benzene rings is 2. The number of methoxy groups -OCH3 is 1. The Morgan fingerprint density at radius 2 is 2.12 bits per heavy atom. The highest BCUT2D eigenvalue weighted by molar-refractivity contribution is 6.07. The van der Waals surface area contributed by atoms with Crippen LogP contribution in [0.15, 0.2) is 42.5 Å². The molecule has 5 nitrogen and oxygen atoms in total. The zero-order chi connectivity index (χ0) is 18.0. The van der Waals surface area contributed by atoms with Gasteiger partial charge in [0, 0.05) is 23.6 Å². The third-order valence-corrected chi connectivity index (χ3v) is 4.02. The van der Waals surface area contributed by atoms with E-state index >= 15 is 0 Å². The molecule has 1 amide bonds. The number of ether oxygens (including phenoxy) is 1. The van der Waals surface area contributed by atoms with E-state index in [-0.39, 0.29) is 5.56 Å². The van der Waals surface area contributed by atoms with Gasteiger partial charge in [0.2, 0.25) is 0 Å². The van der Waals surface area contributed by atoms with Gasteiger partial charge in [-0.1, -0.05) is 6.07 Å². The maximum absolute atomic E-state index is 13.4. The molecule has 0 saturated carbocycles. The molecule has 0 spiro atoms. The van der Waals surface area contributed by atoms with Crippen LogP contribution >= 0.6 is 0 Å². The van der Waals surface area contributed by atoms with E-state index in [1.165, 1.54) is 18.2 Å². The van der Waals surface area contributed by atoms with E-state index in [4.69, 9.17) is 4.74 Å². The minimum atomic E-state index is -0.492. The van der Waals surface area contributed by atoms with Crippen molar-refractivity contribution in [3.63, 3.8) is 0 Å². The van der Waals surface area contributed by atoms with E-state index in [1.54, 1.807) is 19.2 Å². The number of nitrogens with zero attached hydrogens (tertiary/aromatic N) is 2. The van der Waals surface area contributed by atoms with Gasteiger partial charge in [0.1, 0.15) is 29.0 Å². The standard InChI is InChI=1S/C19H16FN3O2/c1-3-23-17-10-14(25-2)7-8-15(17)16(11-21)18(23)22-19(24)12-5-4-6-13(20)9-12/h4-10H,3H2,1-2H3,(H,22,24). The fourth-order valence-electron chi connectivity index (χ4n) is 2.84. The molecule has 3 aromatic rings. The fourth-order valence-corrected chi connectivity index (χ4v) is 2.84. The number of aryl methyl sites for hydroxylation is 1. The van der Waals surface area contributed by atoms with Crippen LogP contribution in [-0.4, -0.2) is 17.6 Å². The van der Waals surface area contributed by atoms with Gasteiger partial charge in [0.05, 0.1) is 12.6 Å². The highest BCUT2D eigenvalue weighted by Gasteiger charge is 2.19. The second-order valence-electron chi connectivity index (χ2n) is 5.43. The van der Waals surface area contributed by atoms with Crippen molar-refractivity contribution in [3.05, 3.63) is 59.4 Å². The fraction of sp³-hybridized carbons (Fsp3) is 0.158. The maximum Gasteiger partial charge on any atom is 0.256 e. The first kappa shape index (κ1) is 16.5. The average Bonchev–Trinajstić information content (AvgIpc) is 2.92. The van der Waals surface area contributed by atoms with E-state index in [9.17, 15) is 14.4 Å². The molecule has 0 radical (unpaired) electrons. The van der Waals surface area contributed by atoms with Crippen molar-refractivity contribution in [1.29, 1.82) is 5.26 Å². The van der Waals surface area contributed by atoms with Crippen LogP contribution in [0.5, 0.6) is 5.75 Å². The number of halogens is 1. The van der Waals surface area contributed by atoms with Gasteiger partial charge >= 0.3 is 0 Å². The third kappa shape index (κ3) is 2.92. The molecule has 0 saturated heterocycles. The number of fused-ring (bicyclic) bond motifs is 1. The molecule has 0 aliphatic carbocycles. The van der Waals surface area contributed by atoms with Crippen molar-refractivity contribution >= 4 is 22.6 Å². The molecule has 1 N–H and O–H groups in total. The Balaban J connectivity index is 2.12. The number of anilines is 1. The van der Waals surface area contributed by atoms with E-state index in [0.717, 1.165) is 17.0 Å². The van der Waals surface area contributed by atoms with Gasteiger partial charge in [0.15, 0.2) is 0 Å². The van der Waals surface area contributed by atoms with Gasteiger partial charge < -0.3 is 14.6 Å². The Hall–Kier alpha value is -3.33. The van der Waals surface area contributed by atoms with Crippen molar-refractivity contribution in [2.75, 3.05) is 12.4 Å². The summed E-state index contributed by atoms with van der Waals surface area (Å²) in [4.78, 5) is 12.5. The molecule has 0 fully saturated rings. The summed E-state index contributed by atoms with van der Waals surface area (Å²) < 4.78 is 20.4. The number of amides is 1. The Morgan fingerprint density at radius 1 is 1.32 bits per heavy atom. The van der Waals surface area contributed by atoms with Crippen LogP contribution in [0.3, 0.4) is 0 Å². The molecule has 0 bridgehead atoms. The molecule has 6 heteroatoms. The minimum Gasteiger partial charge on any atom is -0.497 e. The quantitative estimate of drug-likeness (QED) is 0.784. The van der Waals surface area contributed by atoms with E-state index in [1.807, 2.05) is 17.6 Å². The summed E-state index contributed by atoms with van der Waals surface area (Å²) in [6, 6.07) is 12.9. The van der Waals surface area contributed by atoms with Gasteiger partial charge in [0.25, 0.3) is 5.91 Å². The second kappa shape index (κ2) is 6.65. The summed E-state index contributed by atoms with van der Waals surface area (Å²) in [5, 5.41) is 13.0. The summed E-state index contributed by atoms with van der Waals surface area (Å²) in [6.45, 7) is 2.46. The smallest absolute Gasteiger partial charge is 0.256 e. The van der Waals surface area contributed by atoms with Crippen LogP contribution in [0.25, 0.3) is 10.9 Å². The van der Waals surface area contributed by atoms with Crippen molar-refractivity contribution < 1.29 is 13.9 Å². The van der Waals surface area contributed by atoms with Crippen molar-refractivity contribution in [3.8, 4) is 11.8 Å². The van der Waals surface area contributed by atoms with Crippen LogP contribution < -0.4 is 10.1 Å². The second-order valence-corrected chi connectivity index (χ2v) is 5.43. The number of hydrogen-bond donors (Lipinski definition) is 1. The Morgan fingerprint density at radius 3 is 2.76 bits per heavy atom. The van der Waals surface area contributed by atoms with Gasteiger partial charge in [-0.3, -0.25) is 4.79 Å². The molecule has 0 unspecified atom stereocenters. The van der Waals surface area contributed by atoms with Gasteiger partial charge in [-0.25, -0.2) is 4.39 Å². The Kier molecular flexibility index (Phi) is 4.40. The van der Waals surface area contributed by atoms with E-state index < -0.39 is 11.7 Å². The highest BCUT2D eigenvalue weighted by Crippen LogP contribution is 2.32. The van der Waals surface area contributed by atoms with E-state index in [0.29, 0.717) is 23.7 Å². The lowest BCUT2D eigenvalue weighted by molar-refractivity contribution is 0.102. The van der Waals surface area contributed by atoms with E-state index in [2.05, 4.69) is 11.4 Å². The van der Waals surface area contributed by atoms with Crippen LogP contribution in [0, 0.1) is 17.1 Å². The Bertz CT molecular complexity index is 1000. The lowest BCUT2D eigenvalue weighted by Crippen LogP contribution is -2.16. The summed E-state index contributed by atoms with van der Waals surface area (Å²) in [5.41, 5.74) is 1.34. The summed E-state index contributed by atoms with van der Waals surface area (Å²) in [7, 11) is 1.57. The molecular formula is C19H16FN3O2. The van der Waals surface area contributed by atoms with Crippen molar-refractivity contribution in [2.24, 2.45) is 0 Å². The number of carbonyl (C=O) groups excluding carboxylic acids is 1. The Labute approximate surface area is 144 Å². The highest BCUT2D eigenvalue weighted by atomic mass is 19.1. The molecule has 0 aliphatic rings. The SMILES string of the molecule is CCn1c(NC(=O)c2cccc(F)c2)c(C#N)c2ccc(OC)cc21. The number of rotatable bonds is 4. The molecule has 1 heterocycles. The predicted molar refractivity (Wildman–Crippen MR) is 93.2 cm³/mol. The van der Waals surface area contributed by atoms with Crippen molar-refractivity contribution in [2.45, 2.75) is 13.5 Å². The molecule has 0 atom stereocenters. The summed E-state index contributed by atoms with van der Waals surface area (Å²) in [5.74, 6) is 0.0871. The average molecular weight is 337 g/mol. The summed E-state index contributed by atoms with van der Waals surface area (Å²) in [6.07, 6.45) is 0. The van der Waals surface area contributed by atoms with Crippen LogP contribution in [0.4, 0.5) is 10.2 Å². The maximum atomic E-state index is 13.4. The van der Waals surface area contributed by atoms with Crippen molar-refractivity contribution in [1.82, 2.24) is 4.57 Å². The minimum absolute atomic E-state index is 0.189. The zero-order valence-electron chi connectivity index (χ0n) is 13.8. The number of hydrogen-bond acceptors (Lipinski definition) is 3.